The number of methoxy groups -OCH3 is 1. The molecule has 1 heterocycles. The van der Waals surface area contributed by atoms with E-state index in [0.29, 0.717) is 6.04 Å². The highest BCUT2D eigenvalue weighted by molar-refractivity contribution is 7.11. The fourth-order valence-electron chi connectivity index (χ4n) is 2.38. The minimum absolute atomic E-state index is 0.299. The van der Waals surface area contributed by atoms with Gasteiger partial charge in [-0.15, -0.1) is 11.3 Å². The molecule has 0 aliphatic carbocycles. The van der Waals surface area contributed by atoms with Crippen LogP contribution in [0.5, 0.6) is 5.75 Å². The lowest BCUT2D eigenvalue weighted by atomic mass is 10.0. The van der Waals surface area contributed by atoms with Crippen molar-refractivity contribution >= 4 is 11.3 Å². The highest BCUT2D eigenvalue weighted by atomic mass is 32.1. The molecule has 0 aliphatic heterocycles. The van der Waals surface area contributed by atoms with E-state index in [2.05, 4.69) is 43.2 Å². The second kappa shape index (κ2) is 6.86. The molecule has 1 N–H and O–H groups in total. The van der Waals surface area contributed by atoms with E-state index in [0.717, 1.165) is 29.4 Å². The van der Waals surface area contributed by atoms with E-state index >= 15 is 0 Å². The van der Waals surface area contributed by atoms with Crippen molar-refractivity contribution in [3.05, 3.63) is 45.4 Å². The number of hydrogen-bond acceptors (Lipinski definition) is 4. The van der Waals surface area contributed by atoms with Crippen LogP contribution in [0.15, 0.2) is 24.3 Å². The van der Waals surface area contributed by atoms with Crippen LogP contribution in [-0.2, 0) is 6.54 Å². The van der Waals surface area contributed by atoms with Gasteiger partial charge < -0.3 is 10.1 Å². The van der Waals surface area contributed by atoms with Gasteiger partial charge in [-0.05, 0) is 26.3 Å². The van der Waals surface area contributed by atoms with E-state index < -0.39 is 0 Å². The monoisotopic (exact) mass is 290 g/mol. The standard InChI is InChI=1S/C16H22N2OS/c1-5-14(13-8-6-7-9-15(13)19-4)17-10-16-11(2)18-12(3)20-16/h6-9,14,17H,5,10H2,1-4H3. The van der Waals surface area contributed by atoms with Gasteiger partial charge in [0.25, 0.3) is 0 Å². The van der Waals surface area contributed by atoms with Crippen LogP contribution >= 0.6 is 11.3 Å². The molecule has 1 atom stereocenters. The van der Waals surface area contributed by atoms with Gasteiger partial charge in [0.05, 0.1) is 17.8 Å². The first kappa shape index (κ1) is 15.0. The van der Waals surface area contributed by atoms with Crippen LogP contribution in [0.4, 0.5) is 0 Å². The minimum Gasteiger partial charge on any atom is -0.496 e. The Labute approximate surface area is 125 Å². The van der Waals surface area contributed by atoms with Gasteiger partial charge in [-0.1, -0.05) is 25.1 Å². The number of ether oxygens (including phenoxy) is 1. The third-order valence-corrected chi connectivity index (χ3v) is 4.50. The summed E-state index contributed by atoms with van der Waals surface area (Å²) >= 11 is 1.77. The fourth-order valence-corrected chi connectivity index (χ4v) is 3.27. The molecule has 0 radical (unpaired) electrons. The number of aromatic nitrogens is 1. The number of hydrogen-bond donors (Lipinski definition) is 1. The van der Waals surface area contributed by atoms with Crippen molar-refractivity contribution in [2.75, 3.05) is 7.11 Å². The zero-order valence-electron chi connectivity index (χ0n) is 12.6. The molecule has 0 saturated heterocycles. The summed E-state index contributed by atoms with van der Waals surface area (Å²) in [5, 5.41) is 4.75. The Morgan fingerprint density at radius 1 is 1.30 bits per heavy atom. The molecule has 0 spiro atoms. The zero-order valence-corrected chi connectivity index (χ0v) is 13.4. The fraction of sp³-hybridized carbons (Fsp3) is 0.438. The Hall–Kier alpha value is -1.39. The van der Waals surface area contributed by atoms with Crippen LogP contribution in [-0.4, -0.2) is 12.1 Å². The second-order valence-corrected chi connectivity index (χ2v) is 6.11. The van der Waals surface area contributed by atoms with E-state index in [1.54, 1.807) is 18.4 Å². The summed E-state index contributed by atoms with van der Waals surface area (Å²) in [4.78, 5) is 5.79. The summed E-state index contributed by atoms with van der Waals surface area (Å²) in [5.41, 5.74) is 2.35. The Morgan fingerprint density at radius 3 is 2.65 bits per heavy atom. The lowest BCUT2D eigenvalue weighted by Crippen LogP contribution is -2.20. The Bertz CT molecular complexity index is 565. The van der Waals surface area contributed by atoms with Crippen molar-refractivity contribution in [3.8, 4) is 5.75 Å². The maximum atomic E-state index is 5.46. The van der Waals surface area contributed by atoms with Crippen LogP contribution in [0.3, 0.4) is 0 Å². The summed E-state index contributed by atoms with van der Waals surface area (Å²) in [6, 6.07) is 8.51. The van der Waals surface area contributed by atoms with Gasteiger partial charge in [-0.2, -0.15) is 0 Å². The molecular formula is C16H22N2OS. The maximum absolute atomic E-state index is 5.46. The van der Waals surface area contributed by atoms with Crippen LogP contribution < -0.4 is 10.1 Å². The Kier molecular flexibility index (Phi) is 5.15. The average Bonchev–Trinajstić information content (AvgIpc) is 2.78. The number of rotatable bonds is 6. The number of para-hydroxylation sites is 1. The van der Waals surface area contributed by atoms with E-state index in [-0.39, 0.29) is 0 Å². The molecule has 20 heavy (non-hydrogen) atoms. The molecule has 3 nitrogen and oxygen atoms in total. The molecule has 0 bridgehead atoms. The third kappa shape index (κ3) is 3.38. The summed E-state index contributed by atoms with van der Waals surface area (Å²) in [6.07, 6.45) is 1.03. The first-order valence-corrected chi connectivity index (χ1v) is 7.76. The Morgan fingerprint density at radius 2 is 2.05 bits per heavy atom. The van der Waals surface area contributed by atoms with Gasteiger partial charge in [0.2, 0.25) is 0 Å². The van der Waals surface area contributed by atoms with E-state index in [1.807, 2.05) is 12.1 Å². The molecule has 0 amide bonds. The molecule has 2 rings (SSSR count). The molecule has 0 aliphatic rings. The molecule has 108 valence electrons. The highest BCUT2D eigenvalue weighted by Crippen LogP contribution is 2.27. The van der Waals surface area contributed by atoms with E-state index in [1.165, 1.54) is 10.4 Å². The predicted octanol–water partition coefficient (Wildman–Crippen LogP) is 4.01. The largest absolute Gasteiger partial charge is 0.496 e. The second-order valence-electron chi connectivity index (χ2n) is 4.83. The van der Waals surface area contributed by atoms with Crippen molar-refractivity contribution in [2.45, 2.75) is 39.8 Å². The molecule has 0 saturated carbocycles. The molecule has 1 unspecified atom stereocenters. The minimum atomic E-state index is 0.299. The maximum Gasteiger partial charge on any atom is 0.123 e. The molecule has 1 aromatic heterocycles. The van der Waals surface area contributed by atoms with Crippen LogP contribution in [0.2, 0.25) is 0 Å². The van der Waals surface area contributed by atoms with Crippen LogP contribution in [0.25, 0.3) is 0 Å². The summed E-state index contributed by atoms with van der Waals surface area (Å²) in [5.74, 6) is 0.948. The smallest absolute Gasteiger partial charge is 0.123 e. The van der Waals surface area contributed by atoms with Gasteiger partial charge in [0.15, 0.2) is 0 Å². The number of nitrogens with one attached hydrogen (secondary N) is 1. The normalized spacial score (nSPS) is 12.4. The van der Waals surface area contributed by atoms with Crippen molar-refractivity contribution < 1.29 is 4.74 Å². The molecule has 2 aromatic rings. The number of aryl methyl sites for hydroxylation is 2. The highest BCUT2D eigenvalue weighted by Gasteiger charge is 2.14. The topological polar surface area (TPSA) is 34.2 Å². The van der Waals surface area contributed by atoms with Crippen molar-refractivity contribution in [3.63, 3.8) is 0 Å². The van der Waals surface area contributed by atoms with Gasteiger partial charge in [-0.3, -0.25) is 0 Å². The SMILES string of the molecule is CCC(NCc1sc(C)nc1C)c1ccccc1OC. The van der Waals surface area contributed by atoms with Gasteiger partial charge in [0, 0.05) is 23.0 Å². The number of benzene rings is 1. The van der Waals surface area contributed by atoms with Crippen molar-refractivity contribution in [2.24, 2.45) is 0 Å². The van der Waals surface area contributed by atoms with Crippen LogP contribution in [0, 0.1) is 13.8 Å². The van der Waals surface area contributed by atoms with Gasteiger partial charge in [0.1, 0.15) is 5.75 Å². The average molecular weight is 290 g/mol. The number of thiazole rings is 1. The van der Waals surface area contributed by atoms with E-state index in [4.69, 9.17) is 4.74 Å². The predicted molar refractivity (Wildman–Crippen MR) is 84.5 cm³/mol. The van der Waals surface area contributed by atoms with Gasteiger partial charge in [-0.25, -0.2) is 4.98 Å². The van der Waals surface area contributed by atoms with Crippen molar-refractivity contribution in [1.82, 2.24) is 10.3 Å². The number of nitrogens with zero attached hydrogens (tertiary/aromatic N) is 1. The zero-order chi connectivity index (χ0) is 14.5. The summed E-state index contributed by atoms with van der Waals surface area (Å²) < 4.78 is 5.46. The lowest BCUT2D eigenvalue weighted by molar-refractivity contribution is 0.396. The first-order valence-electron chi connectivity index (χ1n) is 6.94. The summed E-state index contributed by atoms with van der Waals surface area (Å²) in [6.45, 7) is 7.17. The molecule has 0 fully saturated rings. The Balaban J connectivity index is 2.11. The first-order chi connectivity index (χ1) is 9.65. The summed E-state index contributed by atoms with van der Waals surface area (Å²) in [7, 11) is 1.72. The van der Waals surface area contributed by atoms with E-state index in [9.17, 15) is 0 Å². The molecule has 1 aromatic carbocycles. The molecular weight excluding hydrogens is 268 g/mol. The third-order valence-electron chi connectivity index (χ3n) is 3.43. The molecule has 4 heteroatoms. The lowest BCUT2D eigenvalue weighted by Gasteiger charge is -2.19. The quantitative estimate of drug-likeness (QED) is 0.873. The van der Waals surface area contributed by atoms with Crippen molar-refractivity contribution in [1.29, 1.82) is 0 Å². The van der Waals surface area contributed by atoms with Crippen LogP contribution in [0.1, 0.15) is 40.5 Å². The van der Waals surface area contributed by atoms with Gasteiger partial charge >= 0.3 is 0 Å².